The molecular weight excluding hydrogens is 214 g/mol. The van der Waals surface area contributed by atoms with Gasteiger partial charge in [-0.15, -0.1) is 0 Å². The molecule has 17 heavy (non-hydrogen) atoms. The minimum Gasteiger partial charge on any atom is -0.355 e. The van der Waals surface area contributed by atoms with Crippen LogP contribution in [0.3, 0.4) is 0 Å². The number of carbonyl (C=O) groups excluding carboxylic acids is 1. The largest absolute Gasteiger partial charge is 0.355 e. The second kappa shape index (κ2) is 8.48. The Morgan fingerprint density at radius 2 is 2.18 bits per heavy atom. The van der Waals surface area contributed by atoms with Crippen molar-refractivity contribution in [3.05, 3.63) is 0 Å². The van der Waals surface area contributed by atoms with E-state index >= 15 is 0 Å². The number of likely N-dealkylation sites (N-methyl/N-ethyl adjacent to an activating group) is 1. The third-order valence-corrected chi connectivity index (χ3v) is 3.52. The number of hydrogen-bond acceptors (Lipinski definition) is 3. The highest BCUT2D eigenvalue weighted by molar-refractivity contribution is 5.76. The molecule has 1 saturated heterocycles. The van der Waals surface area contributed by atoms with Gasteiger partial charge in [0.15, 0.2) is 0 Å². The fourth-order valence-corrected chi connectivity index (χ4v) is 2.33. The maximum Gasteiger partial charge on any atom is 0.220 e. The topological polar surface area (TPSA) is 44.4 Å². The Balaban J connectivity index is 2.07. The van der Waals surface area contributed by atoms with Gasteiger partial charge in [0.05, 0.1) is 0 Å². The van der Waals surface area contributed by atoms with Crippen LogP contribution in [0.2, 0.25) is 0 Å². The highest BCUT2D eigenvalue weighted by Gasteiger charge is 2.16. The predicted octanol–water partition coefficient (Wildman–Crippen LogP) is 0.834. The van der Waals surface area contributed by atoms with Crippen LogP contribution >= 0.6 is 0 Å². The van der Waals surface area contributed by atoms with Crippen LogP contribution in [-0.2, 0) is 4.79 Å². The van der Waals surface area contributed by atoms with Crippen molar-refractivity contribution in [3.8, 4) is 0 Å². The van der Waals surface area contributed by atoms with Crippen molar-refractivity contribution in [2.45, 2.75) is 33.1 Å². The first-order valence-electron chi connectivity index (χ1n) is 6.96. The molecular formula is C13H27N3O. The molecule has 1 heterocycles. The summed E-state index contributed by atoms with van der Waals surface area (Å²) < 4.78 is 0. The van der Waals surface area contributed by atoms with Crippen molar-refractivity contribution < 1.29 is 4.79 Å². The molecule has 0 radical (unpaired) electrons. The number of nitrogens with zero attached hydrogens (tertiary/aromatic N) is 1. The second-order valence-corrected chi connectivity index (χ2v) is 4.79. The average Bonchev–Trinajstić information content (AvgIpc) is 2.36. The molecule has 4 heteroatoms. The Bertz CT molecular complexity index is 211. The summed E-state index contributed by atoms with van der Waals surface area (Å²) in [4.78, 5) is 14.0. The first-order valence-corrected chi connectivity index (χ1v) is 6.96. The third kappa shape index (κ3) is 6.03. The fourth-order valence-electron chi connectivity index (χ4n) is 2.33. The maximum absolute atomic E-state index is 11.7. The lowest BCUT2D eigenvalue weighted by molar-refractivity contribution is -0.122. The summed E-state index contributed by atoms with van der Waals surface area (Å²) in [5.74, 6) is 0.753. The van der Waals surface area contributed by atoms with Gasteiger partial charge in [-0.2, -0.15) is 0 Å². The van der Waals surface area contributed by atoms with Crippen molar-refractivity contribution in [1.82, 2.24) is 15.5 Å². The molecule has 1 unspecified atom stereocenters. The Kier molecular flexibility index (Phi) is 7.21. The fraction of sp³-hybridized carbons (Fsp3) is 0.923. The third-order valence-electron chi connectivity index (χ3n) is 3.52. The molecule has 1 rings (SSSR count). The van der Waals surface area contributed by atoms with E-state index in [0.29, 0.717) is 12.3 Å². The molecule has 0 bridgehead atoms. The summed E-state index contributed by atoms with van der Waals surface area (Å²) in [6.07, 6.45) is 3.08. The van der Waals surface area contributed by atoms with Crippen LogP contribution in [0.1, 0.15) is 33.1 Å². The maximum atomic E-state index is 11.7. The van der Waals surface area contributed by atoms with Gasteiger partial charge in [-0.05, 0) is 44.9 Å². The lowest BCUT2D eigenvalue weighted by Crippen LogP contribution is -2.37. The standard InChI is InChI=1S/C13H27N3O/c1-3-16(4-2)9-8-15-13(17)10-12-6-5-7-14-11-12/h12,14H,3-11H2,1-2H3,(H,15,17). The normalized spacial score (nSPS) is 20.5. The summed E-state index contributed by atoms with van der Waals surface area (Å²) in [6, 6.07) is 0. The molecule has 1 aliphatic heterocycles. The van der Waals surface area contributed by atoms with Crippen molar-refractivity contribution >= 4 is 5.91 Å². The van der Waals surface area contributed by atoms with Crippen molar-refractivity contribution in [2.24, 2.45) is 5.92 Å². The molecule has 0 aromatic rings. The van der Waals surface area contributed by atoms with Gasteiger partial charge in [-0.3, -0.25) is 4.79 Å². The lowest BCUT2D eigenvalue weighted by Gasteiger charge is -2.22. The molecule has 0 aliphatic carbocycles. The number of rotatable bonds is 7. The summed E-state index contributed by atoms with van der Waals surface area (Å²) in [7, 11) is 0. The minimum atomic E-state index is 0.214. The molecule has 100 valence electrons. The smallest absolute Gasteiger partial charge is 0.220 e. The summed E-state index contributed by atoms with van der Waals surface area (Å²) in [6.45, 7) is 10.3. The van der Waals surface area contributed by atoms with Crippen LogP contribution in [-0.4, -0.2) is 50.1 Å². The first kappa shape index (κ1) is 14.5. The van der Waals surface area contributed by atoms with Gasteiger partial charge in [0.1, 0.15) is 0 Å². The molecule has 0 saturated carbocycles. The quantitative estimate of drug-likeness (QED) is 0.694. The molecule has 0 aromatic heterocycles. The predicted molar refractivity (Wildman–Crippen MR) is 71.0 cm³/mol. The van der Waals surface area contributed by atoms with Crippen LogP contribution in [0.4, 0.5) is 0 Å². The van der Waals surface area contributed by atoms with Gasteiger partial charge in [0.25, 0.3) is 0 Å². The highest BCUT2D eigenvalue weighted by Crippen LogP contribution is 2.13. The van der Waals surface area contributed by atoms with Crippen molar-refractivity contribution in [2.75, 3.05) is 39.3 Å². The number of hydrogen-bond donors (Lipinski definition) is 2. The van der Waals surface area contributed by atoms with Crippen LogP contribution in [0.25, 0.3) is 0 Å². The zero-order valence-corrected chi connectivity index (χ0v) is 11.3. The van der Waals surface area contributed by atoms with Gasteiger partial charge in [0, 0.05) is 19.5 Å². The Labute approximate surface area is 105 Å². The number of piperidine rings is 1. The van der Waals surface area contributed by atoms with E-state index in [9.17, 15) is 4.79 Å². The van der Waals surface area contributed by atoms with E-state index < -0.39 is 0 Å². The second-order valence-electron chi connectivity index (χ2n) is 4.79. The SMILES string of the molecule is CCN(CC)CCNC(=O)CC1CCCNC1. The zero-order chi connectivity index (χ0) is 12.5. The van der Waals surface area contributed by atoms with E-state index in [4.69, 9.17) is 0 Å². The summed E-state index contributed by atoms with van der Waals surface area (Å²) >= 11 is 0. The first-order chi connectivity index (χ1) is 8.26. The van der Waals surface area contributed by atoms with Crippen molar-refractivity contribution in [1.29, 1.82) is 0 Å². The Morgan fingerprint density at radius 3 is 2.76 bits per heavy atom. The summed E-state index contributed by atoms with van der Waals surface area (Å²) in [5, 5.41) is 6.37. The molecule has 4 nitrogen and oxygen atoms in total. The Morgan fingerprint density at radius 1 is 1.41 bits per heavy atom. The van der Waals surface area contributed by atoms with Crippen LogP contribution in [0.15, 0.2) is 0 Å². The number of amides is 1. The molecule has 1 atom stereocenters. The van der Waals surface area contributed by atoms with Crippen molar-refractivity contribution in [3.63, 3.8) is 0 Å². The van der Waals surface area contributed by atoms with Gasteiger partial charge in [0.2, 0.25) is 5.91 Å². The van der Waals surface area contributed by atoms with Gasteiger partial charge < -0.3 is 15.5 Å². The highest BCUT2D eigenvalue weighted by atomic mass is 16.1. The minimum absolute atomic E-state index is 0.214. The van der Waals surface area contributed by atoms with E-state index in [1.807, 2.05) is 0 Å². The van der Waals surface area contributed by atoms with E-state index in [-0.39, 0.29) is 5.91 Å². The Hall–Kier alpha value is -0.610. The van der Waals surface area contributed by atoms with Crippen LogP contribution in [0, 0.1) is 5.92 Å². The van der Waals surface area contributed by atoms with Gasteiger partial charge >= 0.3 is 0 Å². The van der Waals surface area contributed by atoms with E-state index in [1.54, 1.807) is 0 Å². The molecule has 2 N–H and O–H groups in total. The van der Waals surface area contributed by atoms with Crippen LogP contribution < -0.4 is 10.6 Å². The lowest BCUT2D eigenvalue weighted by atomic mass is 9.96. The van der Waals surface area contributed by atoms with E-state index in [2.05, 4.69) is 29.4 Å². The summed E-state index contributed by atoms with van der Waals surface area (Å²) in [5.41, 5.74) is 0. The number of carbonyl (C=O) groups is 1. The molecule has 0 aromatic carbocycles. The molecule has 0 spiro atoms. The molecule has 1 aliphatic rings. The average molecular weight is 241 g/mol. The monoisotopic (exact) mass is 241 g/mol. The van der Waals surface area contributed by atoms with Gasteiger partial charge in [-0.25, -0.2) is 0 Å². The van der Waals surface area contributed by atoms with Gasteiger partial charge in [-0.1, -0.05) is 13.8 Å². The zero-order valence-electron chi connectivity index (χ0n) is 11.3. The molecule has 1 amide bonds. The number of nitrogens with one attached hydrogen (secondary N) is 2. The van der Waals surface area contributed by atoms with E-state index in [1.165, 1.54) is 12.8 Å². The van der Waals surface area contributed by atoms with Crippen LogP contribution in [0.5, 0.6) is 0 Å². The van der Waals surface area contributed by atoms with E-state index in [0.717, 1.165) is 39.3 Å². The molecule has 1 fully saturated rings.